The fourth-order valence-corrected chi connectivity index (χ4v) is 4.09. The van der Waals surface area contributed by atoms with Gasteiger partial charge in [0.25, 0.3) is 0 Å². The summed E-state index contributed by atoms with van der Waals surface area (Å²) in [6.45, 7) is 1.80. The first kappa shape index (κ1) is 24.8. The lowest BCUT2D eigenvalue weighted by Crippen LogP contribution is -2.29. The van der Waals surface area contributed by atoms with E-state index >= 15 is 0 Å². The number of aromatic nitrogens is 3. The third-order valence-corrected chi connectivity index (χ3v) is 5.94. The first-order chi connectivity index (χ1) is 17.3. The quantitative estimate of drug-likeness (QED) is 0.291. The summed E-state index contributed by atoms with van der Waals surface area (Å²) < 4.78 is 7.47. The van der Waals surface area contributed by atoms with E-state index in [-0.39, 0.29) is 6.54 Å². The van der Waals surface area contributed by atoms with Gasteiger partial charge < -0.3 is 35.9 Å². The average molecular weight is 489 g/mol. The molecule has 10 heteroatoms. The predicted molar refractivity (Wildman–Crippen MR) is 145 cm³/mol. The highest BCUT2D eigenvalue weighted by atomic mass is 16.5. The minimum absolute atomic E-state index is 0.0858. The number of benzene rings is 2. The molecule has 0 radical (unpaired) electrons. The highest BCUT2D eigenvalue weighted by molar-refractivity contribution is 5.96. The van der Waals surface area contributed by atoms with Gasteiger partial charge >= 0.3 is 0 Å². The predicted octanol–water partition coefficient (Wildman–Crippen LogP) is 2.92. The highest BCUT2D eigenvalue weighted by Crippen LogP contribution is 2.36. The molecule has 0 unspecified atom stereocenters. The average Bonchev–Trinajstić information content (AvgIpc) is 3.21. The number of nitrogens with zero attached hydrogens (tertiary/aromatic N) is 5. The number of primary amides is 1. The van der Waals surface area contributed by atoms with Gasteiger partial charge in [0.15, 0.2) is 0 Å². The molecule has 0 saturated heterocycles. The highest BCUT2D eigenvalue weighted by Gasteiger charge is 2.16. The van der Waals surface area contributed by atoms with Gasteiger partial charge in [0, 0.05) is 55.1 Å². The van der Waals surface area contributed by atoms with Gasteiger partial charge in [-0.3, -0.25) is 4.79 Å². The molecule has 2 aromatic carbocycles. The van der Waals surface area contributed by atoms with Gasteiger partial charge in [-0.1, -0.05) is 18.2 Å². The lowest BCUT2D eigenvalue weighted by molar-refractivity contribution is -0.118. The molecule has 4 aromatic rings. The van der Waals surface area contributed by atoms with Gasteiger partial charge in [-0.2, -0.15) is 0 Å². The number of amides is 1. The van der Waals surface area contributed by atoms with E-state index in [4.69, 9.17) is 21.2 Å². The van der Waals surface area contributed by atoms with Crippen LogP contribution in [0.15, 0.2) is 54.9 Å². The third-order valence-electron chi connectivity index (χ3n) is 5.94. The summed E-state index contributed by atoms with van der Waals surface area (Å²) in [5.41, 5.74) is 16.5. The van der Waals surface area contributed by atoms with Crippen LogP contribution in [0.1, 0.15) is 0 Å². The minimum atomic E-state index is -0.409. The van der Waals surface area contributed by atoms with Crippen LogP contribution in [-0.2, 0) is 11.3 Å². The van der Waals surface area contributed by atoms with Crippen LogP contribution in [0.25, 0.3) is 22.2 Å². The van der Waals surface area contributed by atoms with Gasteiger partial charge in [0.2, 0.25) is 11.9 Å². The van der Waals surface area contributed by atoms with Crippen molar-refractivity contribution in [2.75, 3.05) is 57.3 Å². The molecule has 10 nitrogen and oxygen atoms in total. The number of nitrogens with one attached hydrogen (secondary N) is 1. The Labute approximate surface area is 210 Å². The number of anilines is 4. The van der Waals surface area contributed by atoms with Crippen LogP contribution in [0.3, 0.4) is 0 Å². The third kappa shape index (κ3) is 5.33. The smallest absolute Gasteiger partial charge is 0.237 e. The van der Waals surface area contributed by atoms with Gasteiger partial charge in [0.05, 0.1) is 29.9 Å². The zero-order valence-corrected chi connectivity index (χ0v) is 21.0. The second-order valence-corrected chi connectivity index (χ2v) is 8.88. The number of hydrogen-bond donors (Lipinski definition) is 3. The van der Waals surface area contributed by atoms with Crippen LogP contribution in [0.5, 0.6) is 5.75 Å². The van der Waals surface area contributed by atoms with Crippen molar-refractivity contribution in [3.05, 3.63) is 54.9 Å². The van der Waals surface area contributed by atoms with Gasteiger partial charge in [-0.05, 0) is 32.3 Å². The fourth-order valence-electron chi connectivity index (χ4n) is 4.09. The molecule has 0 fully saturated rings. The summed E-state index contributed by atoms with van der Waals surface area (Å²) >= 11 is 0. The number of hydrogen-bond acceptors (Lipinski definition) is 8. The number of carbonyl (C=O) groups excluding carboxylic acids is 1. The topological polar surface area (TPSA) is 128 Å². The van der Waals surface area contributed by atoms with E-state index in [2.05, 4.69) is 20.1 Å². The van der Waals surface area contributed by atoms with Crippen molar-refractivity contribution in [1.29, 1.82) is 0 Å². The van der Waals surface area contributed by atoms with Crippen LogP contribution in [0, 0.1) is 0 Å². The van der Waals surface area contributed by atoms with Gasteiger partial charge in [0.1, 0.15) is 12.3 Å². The molecule has 0 aliphatic heterocycles. The molecule has 0 aliphatic carbocycles. The van der Waals surface area contributed by atoms with E-state index in [1.54, 1.807) is 13.3 Å². The first-order valence-electron chi connectivity index (χ1n) is 11.6. The number of likely N-dealkylation sites (N-methyl/N-ethyl adjacent to an activating group) is 2. The molecule has 1 amide bonds. The number of nitrogens with two attached hydrogens (primary N) is 2. The number of rotatable bonds is 10. The Bertz CT molecular complexity index is 1380. The van der Waals surface area contributed by atoms with E-state index in [1.165, 1.54) is 0 Å². The lowest BCUT2D eigenvalue weighted by atomic mass is 10.1. The van der Waals surface area contributed by atoms with Crippen molar-refractivity contribution in [3.8, 4) is 17.0 Å². The number of para-hydroxylation sites is 1. The molecule has 2 aromatic heterocycles. The van der Waals surface area contributed by atoms with E-state index in [9.17, 15) is 4.79 Å². The molecular weight excluding hydrogens is 456 g/mol. The number of ether oxygens (including phenoxy) is 1. The molecule has 0 spiro atoms. The maximum Gasteiger partial charge on any atom is 0.237 e. The first-order valence-corrected chi connectivity index (χ1v) is 11.6. The van der Waals surface area contributed by atoms with E-state index in [0.717, 1.165) is 35.2 Å². The Balaban J connectivity index is 1.65. The molecule has 0 saturated carbocycles. The fraction of sp³-hybridized carbons (Fsp3) is 0.269. The molecule has 2 heterocycles. The number of carbonyl (C=O) groups is 1. The second kappa shape index (κ2) is 10.5. The molecular formula is C26H32N8O2. The summed E-state index contributed by atoms with van der Waals surface area (Å²) in [6, 6.07) is 13.4. The van der Waals surface area contributed by atoms with Crippen molar-refractivity contribution in [1.82, 2.24) is 19.4 Å². The molecule has 5 N–H and O–H groups in total. The Morgan fingerprint density at radius 2 is 1.92 bits per heavy atom. The summed E-state index contributed by atoms with van der Waals surface area (Å²) in [5.74, 6) is 0.612. The molecule has 0 aliphatic rings. The van der Waals surface area contributed by atoms with Crippen molar-refractivity contribution in [2.24, 2.45) is 5.73 Å². The zero-order chi connectivity index (χ0) is 25.8. The van der Waals surface area contributed by atoms with E-state index < -0.39 is 5.91 Å². The van der Waals surface area contributed by atoms with Crippen molar-refractivity contribution in [2.45, 2.75) is 6.54 Å². The van der Waals surface area contributed by atoms with Crippen molar-refractivity contribution >= 4 is 39.8 Å². The summed E-state index contributed by atoms with van der Waals surface area (Å²) in [4.78, 5) is 24.9. The molecule has 0 bridgehead atoms. The molecule has 4 rings (SSSR count). The monoisotopic (exact) mass is 488 g/mol. The van der Waals surface area contributed by atoms with E-state index in [0.29, 0.717) is 28.8 Å². The Kier molecular flexibility index (Phi) is 7.25. The number of fused-ring (bicyclic) bond motifs is 1. The zero-order valence-electron chi connectivity index (χ0n) is 21.0. The molecule has 0 atom stereocenters. The summed E-state index contributed by atoms with van der Waals surface area (Å²) in [7, 11) is 7.69. The van der Waals surface area contributed by atoms with Crippen LogP contribution in [0.4, 0.5) is 23.0 Å². The Morgan fingerprint density at radius 1 is 1.14 bits per heavy atom. The SMILES string of the molecule is COc1cc(N(C)CCN(C)C)c(N)cc1Nc1nccc(-c2cn(CC(N)=O)c3ccccc23)n1. The van der Waals surface area contributed by atoms with E-state index in [1.807, 2.05) is 74.4 Å². The standard InChI is InChI=1S/C26H32N8O2/c1-32(2)11-12-33(3)23-14-24(36-4)21(13-19(23)27)31-26-29-10-9-20(30-26)18-15-34(16-25(28)35)22-8-6-5-7-17(18)22/h5-10,13-15H,11-12,16,27H2,1-4H3,(H2,28,35)(H,29,30,31). The molecule has 188 valence electrons. The van der Waals surface area contributed by atoms with Crippen LogP contribution >= 0.6 is 0 Å². The maximum atomic E-state index is 11.6. The normalized spacial score (nSPS) is 11.1. The number of nitrogen functional groups attached to an aromatic ring is 1. The number of methoxy groups -OCH3 is 1. The lowest BCUT2D eigenvalue weighted by Gasteiger charge is -2.24. The second-order valence-electron chi connectivity index (χ2n) is 8.88. The van der Waals surface area contributed by atoms with Crippen LogP contribution < -0.4 is 26.4 Å². The Morgan fingerprint density at radius 3 is 2.64 bits per heavy atom. The summed E-state index contributed by atoms with van der Waals surface area (Å²) in [6.07, 6.45) is 3.57. The molecule has 36 heavy (non-hydrogen) atoms. The maximum absolute atomic E-state index is 11.6. The van der Waals surface area contributed by atoms with Crippen molar-refractivity contribution in [3.63, 3.8) is 0 Å². The van der Waals surface area contributed by atoms with Crippen LogP contribution in [-0.4, -0.2) is 66.7 Å². The van der Waals surface area contributed by atoms with Crippen molar-refractivity contribution < 1.29 is 9.53 Å². The minimum Gasteiger partial charge on any atom is -0.494 e. The van der Waals surface area contributed by atoms with Gasteiger partial charge in [-0.25, -0.2) is 9.97 Å². The largest absolute Gasteiger partial charge is 0.494 e. The summed E-state index contributed by atoms with van der Waals surface area (Å²) in [5, 5.41) is 4.21. The van der Waals surface area contributed by atoms with Crippen LogP contribution in [0.2, 0.25) is 0 Å². The Hall–Kier alpha value is -4.31. The van der Waals surface area contributed by atoms with Gasteiger partial charge in [-0.15, -0.1) is 0 Å².